The summed E-state index contributed by atoms with van der Waals surface area (Å²) in [6.07, 6.45) is 0.0565. The van der Waals surface area contributed by atoms with Crippen LogP contribution in [-0.4, -0.2) is 23.0 Å². The first kappa shape index (κ1) is 11.9. The summed E-state index contributed by atoms with van der Waals surface area (Å²) in [6.45, 7) is 1.54. The van der Waals surface area contributed by atoms with Crippen molar-refractivity contribution in [3.8, 4) is 0 Å². The average molecular weight is 222 g/mol. The molecule has 0 radical (unpaired) electrons. The van der Waals surface area contributed by atoms with Gasteiger partial charge in [-0.3, -0.25) is 4.79 Å². The standard InChI is InChI=1S/C11H10O5/c1-2-9(12)16-11(15)8-6-4-3-5-7(8)10(13)14/h3-6H,2H2,1H3,(H,13,14). The van der Waals surface area contributed by atoms with Gasteiger partial charge >= 0.3 is 17.9 Å². The Labute approximate surface area is 91.6 Å². The van der Waals surface area contributed by atoms with Crippen LogP contribution >= 0.6 is 0 Å². The minimum absolute atomic E-state index is 0.0565. The molecular formula is C11H10O5. The molecule has 1 N–H and O–H groups in total. The molecule has 1 rings (SSSR count). The second-order valence-corrected chi connectivity index (χ2v) is 2.97. The number of carboxylic acids is 1. The summed E-state index contributed by atoms with van der Waals surface area (Å²) in [7, 11) is 0. The number of ether oxygens (including phenoxy) is 1. The SMILES string of the molecule is CCC(=O)OC(=O)c1ccccc1C(=O)O. The van der Waals surface area contributed by atoms with E-state index in [1.165, 1.54) is 24.3 Å². The second-order valence-electron chi connectivity index (χ2n) is 2.97. The molecule has 5 nitrogen and oxygen atoms in total. The molecule has 0 spiro atoms. The fraction of sp³-hybridized carbons (Fsp3) is 0.182. The molecule has 0 aromatic heterocycles. The monoisotopic (exact) mass is 222 g/mol. The molecule has 0 bridgehead atoms. The Morgan fingerprint density at radius 1 is 1.19 bits per heavy atom. The van der Waals surface area contributed by atoms with Gasteiger partial charge in [-0.25, -0.2) is 9.59 Å². The Morgan fingerprint density at radius 3 is 2.25 bits per heavy atom. The minimum Gasteiger partial charge on any atom is -0.478 e. The third-order valence-electron chi connectivity index (χ3n) is 1.87. The van der Waals surface area contributed by atoms with Gasteiger partial charge in [0.25, 0.3) is 0 Å². The van der Waals surface area contributed by atoms with Crippen LogP contribution in [0.3, 0.4) is 0 Å². The van der Waals surface area contributed by atoms with E-state index in [-0.39, 0.29) is 17.5 Å². The summed E-state index contributed by atoms with van der Waals surface area (Å²) in [5.74, 6) is -2.87. The van der Waals surface area contributed by atoms with Crippen molar-refractivity contribution in [2.45, 2.75) is 13.3 Å². The summed E-state index contributed by atoms with van der Waals surface area (Å²) < 4.78 is 4.44. The van der Waals surface area contributed by atoms with E-state index < -0.39 is 17.9 Å². The highest BCUT2D eigenvalue weighted by atomic mass is 16.6. The van der Waals surface area contributed by atoms with Crippen LogP contribution in [-0.2, 0) is 9.53 Å². The molecule has 1 aromatic rings. The number of benzene rings is 1. The maximum atomic E-state index is 11.4. The molecule has 0 fully saturated rings. The predicted molar refractivity (Wildman–Crippen MR) is 54.1 cm³/mol. The lowest BCUT2D eigenvalue weighted by molar-refractivity contribution is -0.137. The molecule has 1 aromatic carbocycles. The maximum Gasteiger partial charge on any atom is 0.346 e. The number of esters is 2. The third-order valence-corrected chi connectivity index (χ3v) is 1.87. The number of carbonyl (C=O) groups excluding carboxylic acids is 2. The number of rotatable bonds is 3. The van der Waals surface area contributed by atoms with E-state index >= 15 is 0 Å². The van der Waals surface area contributed by atoms with Crippen LogP contribution in [0.4, 0.5) is 0 Å². The molecule has 0 amide bonds. The van der Waals surface area contributed by atoms with E-state index in [1.54, 1.807) is 6.92 Å². The Bertz CT molecular complexity index is 436. The molecular weight excluding hydrogens is 212 g/mol. The van der Waals surface area contributed by atoms with Gasteiger partial charge in [0.15, 0.2) is 0 Å². The summed E-state index contributed by atoms with van der Waals surface area (Å²) in [5, 5.41) is 8.81. The molecule has 84 valence electrons. The van der Waals surface area contributed by atoms with Gasteiger partial charge in [-0.2, -0.15) is 0 Å². The van der Waals surface area contributed by atoms with Crippen molar-refractivity contribution >= 4 is 17.9 Å². The van der Waals surface area contributed by atoms with Gasteiger partial charge in [-0.15, -0.1) is 0 Å². The zero-order chi connectivity index (χ0) is 12.1. The third kappa shape index (κ3) is 2.66. The molecule has 16 heavy (non-hydrogen) atoms. The van der Waals surface area contributed by atoms with Crippen LogP contribution in [0.25, 0.3) is 0 Å². The van der Waals surface area contributed by atoms with E-state index in [4.69, 9.17) is 5.11 Å². The van der Waals surface area contributed by atoms with Crippen molar-refractivity contribution in [1.29, 1.82) is 0 Å². The first-order chi connectivity index (χ1) is 7.56. The summed E-state index contributed by atoms with van der Waals surface area (Å²) in [4.78, 5) is 33.1. The number of hydrogen-bond acceptors (Lipinski definition) is 4. The molecule has 0 aliphatic rings. The molecule has 0 aliphatic heterocycles. The first-order valence-corrected chi connectivity index (χ1v) is 4.63. The lowest BCUT2D eigenvalue weighted by Crippen LogP contribution is -2.15. The first-order valence-electron chi connectivity index (χ1n) is 4.63. The second kappa shape index (κ2) is 5.06. The van der Waals surface area contributed by atoms with Gasteiger partial charge < -0.3 is 9.84 Å². The maximum absolute atomic E-state index is 11.4. The summed E-state index contributed by atoms with van der Waals surface area (Å²) in [6, 6.07) is 5.56. The minimum atomic E-state index is -1.24. The number of aromatic carboxylic acids is 1. The number of carbonyl (C=O) groups is 3. The molecule has 0 saturated carbocycles. The van der Waals surface area contributed by atoms with Crippen LogP contribution in [0, 0.1) is 0 Å². The lowest BCUT2D eigenvalue weighted by Gasteiger charge is -2.04. The Kier molecular flexibility index (Phi) is 3.77. The molecule has 0 unspecified atom stereocenters. The zero-order valence-corrected chi connectivity index (χ0v) is 8.60. The topological polar surface area (TPSA) is 80.7 Å². The fourth-order valence-electron chi connectivity index (χ4n) is 1.08. The molecule has 0 aliphatic carbocycles. The van der Waals surface area contributed by atoms with Crippen molar-refractivity contribution in [2.75, 3.05) is 0 Å². The molecule has 0 heterocycles. The van der Waals surface area contributed by atoms with Crippen molar-refractivity contribution in [2.24, 2.45) is 0 Å². The van der Waals surface area contributed by atoms with Crippen LogP contribution in [0.15, 0.2) is 24.3 Å². The zero-order valence-electron chi connectivity index (χ0n) is 8.60. The van der Waals surface area contributed by atoms with Gasteiger partial charge in [0.1, 0.15) is 0 Å². The van der Waals surface area contributed by atoms with Crippen LogP contribution in [0.5, 0.6) is 0 Å². The highest BCUT2D eigenvalue weighted by Crippen LogP contribution is 2.10. The van der Waals surface area contributed by atoms with E-state index in [2.05, 4.69) is 4.74 Å². The van der Waals surface area contributed by atoms with E-state index in [0.29, 0.717) is 0 Å². The van der Waals surface area contributed by atoms with Crippen LogP contribution < -0.4 is 0 Å². The van der Waals surface area contributed by atoms with Gasteiger partial charge in [0.05, 0.1) is 11.1 Å². The van der Waals surface area contributed by atoms with Crippen molar-refractivity contribution in [1.82, 2.24) is 0 Å². The van der Waals surface area contributed by atoms with Gasteiger partial charge in [0.2, 0.25) is 0 Å². The Hall–Kier alpha value is -2.17. The quantitative estimate of drug-likeness (QED) is 0.618. The summed E-state index contributed by atoms with van der Waals surface area (Å²) in [5.41, 5.74) is -0.312. The normalized spacial score (nSPS) is 9.56. The van der Waals surface area contributed by atoms with Crippen LogP contribution in [0.2, 0.25) is 0 Å². The van der Waals surface area contributed by atoms with Crippen molar-refractivity contribution in [3.05, 3.63) is 35.4 Å². The Balaban J connectivity index is 2.99. The van der Waals surface area contributed by atoms with E-state index in [9.17, 15) is 14.4 Å². The van der Waals surface area contributed by atoms with Crippen molar-refractivity contribution < 1.29 is 24.2 Å². The Morgan fingerprint density at radius 2 is 1.75 bits per heavy atom. The average Bonchev–Trinajstić information content (AvgIpc) is 2.28. The highest BCUT2D eigenvalue weighted by molar-refractivity contribution is 6.05. The van der Waals surface area contributed by atoms with E-state index in [1.807, 2.05) is 0 Å². The fourth-order valence-corrected chi connectivity index (χ4v) is 1.08. The predicted octanol–water partition coefficient (Wildman–Crippen LogP) is 1.48. The van der Waals surface area contributed by atoms with Crippen molar-refractivity contribution in [3.63, 3.8) is 0 Å². The number of hydrogen-bond donors (Lipinski definition) is 1. The van der Waals surface area contributed by atoms with Gasteiger partial charge in [0, 0.05) is 6.42 Å². The number of carboxylic acid groups (broad SMARTS) is 1. The van der Waals surface area contributed by atoms with Crippen LogP contribution in [0.1, 0.15) is 34.1 Å². The van der Waals surface area contributed by atoms with E-state index in [0.717, 1.165) is 0 Å². The smallest absolute Gasteiger partial charge is 0.346 e. The lowest BCUT2D eigenvalue weighted by atomic mass is 10.1. The highest BCUT2D eigenvalue weighted by Gasteiger charge is 2.18. The largest absolute Gasteiger partial charge is 0.478 e. The van der Waals surface area contributed by atoms with Gasteiger partial charge in [-0.05, 0) is 12.1 Å². The molecule has 5 heteroatoms. The molecule has 0 atom stereocenters. The van der Waals surface area contributed by atoms with Gasteiger partial charge in [-0.1, -0.05) is 19.1 Å². The summed E-state index contributed by atoms with van der Waals surface area (Å²) >= 11 is 0. The molecule has 0 saturated heterocycles.